The minimum absolute atomic E-state index is 0.176. The molecule has 0 atom stereocenters. The minimum Gasteiger partial charge on any atom is -0.368 e. The van der Waals surface area contributed by atoms with Crippen LogP contribution in [0.2, 0.25) is 0 Å². The van der Waals surface area contributed by atoms with Gasteiger partial charge in [-0.05, 0) is 30.3 Å². The molecule has 0 aromatic carbocycles. The number of alkyl halides is 1. The number of piperidine rings is 1. The fraction of sp³-hybridized carbons (Fsp3) is 0.250. The maximum absolute atomic E-state index is 15.7. The molecular formula is C24H20F2N8. The summed E-state index contributed by atoms with van der Waals surface area (Å²) in [6.07, 6.45) is 6.54. The van der Waals surface area contributed by atoms with Gasteiger partial charge in [-0.25, -0.2) is 14.4 Å². The lowest BCUT2D eigenvalue weighted by molar-refractivity contribution is 0.109. The van der Waals surface area contributed by atoms with Crippen LogP contribution in [-0.2, 0) is 12.7 Å². The van der Waals surface area contributed by atoms with Crippen LogP contribution >= 0.6 is 0 Å². The van der Waals surface area contributed by atoms with E-state index in [1.807, 2.05) is 11.0 Å². The monoisotopic (exact) mass is 458 g/mol. The quantitative estimate of drug-likeness (QED) is 0.429. The number of hydrogen-bond acceptors (Lipinski definition) is 7. The highest BCUT2D eigenvalue weighted by Crippen LogP contribution is 2.41. The summed E-state index contributed by atoms with van der Waals surface area (Å²) >= 11 is 0. The SMILES string of the molecule is Cn1cnnc1C1(F)CCN(c2c(C#N)cc(-c3cccnc3)nc2-c2ccc(F)nc2)CC1. The molecule has 1 aliphatic heterocycles. The van der Waals surface area contributed by atoms with E-state index in [1.165, 1.54) is 18.6 Å². The molecule has 170 valence electrons. The summed E-state index contributed by atoms with van der Waals surface area (Å²) in [4.78, 5) is 14.7. The first-order chi connectivity index (χ1) is 16.5. The van der Waals surface area contributed by atoms with E-state index in [4.69, 9.17) is 4.98 Å². The Balaban J connectivity index is 1.58. The third kappa shape index (κ3) is 3.85. The van der Waals surface area contributed by atoms with Gasteiger partial charge in [-0.1, -0.05) is 0 Å². The van der Waals surface area contributed by atoms with Crippen LogP contribution in [-0.4, -0.2) is 42.8 Å². The fourth-order valence-corrected chi connectivity index (χ4v) is 4.32. The van der Waals surface area contributed by atoms with E-state index in [-0.39, 0.29) is 12.8 Å². The summed E-state index contributed by atoms with van der Waals surface area (Å²) in [7, 11) is 1.72. The number of pyridine rings is 3. The first-order valence-electron chi connectivity index (χ1n) is 10.7. The molecule has 1 aliphatic rings. The van der Waals surface area contributed by atoms with Gasteiger partial charge in [-0.15, -0.1) is 10.2 Å². The van der Waals surface area contributed by atoms with Crippen molar-refractivity contribution in [3.8, 4) is 28.6 Å². The van der Waals surface area contributed by atoms with E-state index in [0.29, 0.717) is 47.1 Å². The molecule has 0 radical (unpaired) electrons. The molecule has 10 heteroatoms. The summed E-state index contributed by atoms with van der Waals surface area (Å²) < 4.78 is 30.9. The average molecular weight is 458 g/mol. The molecule has 4 aromatic rings. The topological polar surface area (TPSA) is 96.4 Å². The average Bonchev–Trinajstić information content (AvgIpc) is 3.32. The first kappa shape index (κ1) is 21.6. The number of aryl methyl sites for hydroxylation is 1. The predicted molar refractivity (Wildman–Crippen MR) is 121 cm³/mol. The molecule has 0 unspecified atom stereocenters. The molecule has 1 fully saturated rings. The number of nitriles is 1. The number of nitrogens with zero attached hydrogens (tertiary/aromatic N) is 8. The fourth-order valence-electron chi connectivity index (χ4n) is 4.32. The van der Waals surface area contributed by atoms with Crippen LogP contribution in [0, 0.1) is 17.3 Å². The highest BCUT2D eigenvalue weighted by atomic mass is 19.1. The maximum Gasteiger partial charge on any atom is 0.212 e. The molecule has 0 bridgehead atoms. The molecule has 0 amide bonds. The van der Waals surface area contributed by atoms with E-state index in [2.05, 4.69) is 26.2 Å². The van der Waals surface area contributed by atoms with Gasteiger partial charge in [-0.2, -0.15) is 9.65 Å². The van der Waals surface area contributed by atoms with Crippen molar-refractivity contribution in [1.82, 2.24) is 29.7 Å². The van der Waals surface area contributed by atoms with Gasteiger partial charge in [0, 0.05) is 62.7 Å². The van der Waals surface area contributed by atoms with Gasteiger partial charge >= 0.3 is 0 Å². The molecule has 5 heterocycles. The van der Waals surface area contributed by atoms with Crippen LogP contribution in [0.3, 0.4) is 0 Å². The zero-order chi connectivity index (χ0) is 23.7. The second-order valence-electron chi connectivity index (χ2n) is 8.19. The maximum atomic E-state index is 15.7. The van der Waals surface area contributed by atoms with Crippen LogP contribution in [0.4, 0.5) is 14.5 Å². The molecule has 5 rings (SSSR count). The van der Waals surface area contributed by atoms with Crippen molar-refractivity contribution in [2.45, 2.75) is 18.5 Å². The minimum atomic E-state index is -1.62. The lowest BCUT2D eigenvalue weighted by atomic mass is 9.91. The molecule has 0 aliphatic carbocycles. The van der Waals surface area contributed by atoms with Crippen LogP contribution in [0.5, 0.6) is 0 Å². The van der Waals surface area contributed by atoms with E-state index < -0.39 is 11.6 Å². The molecule has 34 heavy (non-hydrogen) atoms. The van der Waals surface area contributed by atoms with Crippen LogP contribution in [0.15, 0.2) is 55.2 Å². The van der Waals surface area contributed by atoms with Crippen molar-refractivity contribution in [2.75, 3.05) is 18.0 Å². The molecule has 0 spiro atoms. The van der Waals surface area contributed by atoms with E-state index >= 15 is 4.39 Å². The Kier molecular flexibility index (Phi) is 5.45. The Morgan fingerprint density at radius 3 is 2.56 bits per heavy atom. The Morgan fingerprint density at radius 1 is 1.12 bits per heavy atom. The Hall–Kier alpha value is -4.26. The lowest BCUT2D eigenvalue weighted by Crippen LogP contribution is -2.42. The van der Waals surface area contributed by atoms with E-state index in [0.717, 1.165) is 5.56 Å². The Labute approximate surface area is 194 Å². The van der Waals surface area contributed by atoms with Gasteiger partial charge in [0.05, 0.1) is 22.6 Å². The third-order valence-electron chi connectivity index (χ3n) is 6.06. The summed E-state index contributed by atoms with van der Waals surface area (Å²) in [5.41, 5.74) is 1.69. The standard InChI is InChI=1S/C24H20F2N8/c1-33-15-30-32-23(33)24(26)6-9-34(10-7-24)22-18(12-27)11-19(16-3-2-8-28-13-16)31-21(22)17-4-5-20(25)29-14-17/h2-5,8,11,13-15H,6-7,9-10H2,1H3. The zero-order valence-corrected chi connectivity index (χ0v) is 18.4. The third-order valence-corrected chi connectivity index (χ3v) is 6.06. The number of halogens is 2. The van der Waals surface area contributed by atoms with Crippen molar-refractivity contribution in [1.29, 1.82) is 5.26 Å². The van der Waals surface area contributed by atoms with Gasteiger partial charge in [0.25, 0.3) is 0 Å². The van der Waals surface area contributed by atoms with Gasteiger partial charge in [-0.3, -0.25) is 4.98 Å². The smallest absolute Gasteiger partial charge is 0.212 e. The van der Waals surface area contributed by atoms with Crippen LogP contribution < -0.4 is 4.90 Å². The van der Waals surface area contributed by atoms with Crippen molar-refractivity contribution >= 4 is 5.69 Å². The molecule has 8 nitrogen and oxygen atoms in total. The van der Waals surface area contributed by atoms with Crippen LogP contribution in [0.25, 0.3) is 22.5 Å². The van der Waals surface area contributed by atoms with Gasteiger partial charge < -0.3 is 9.47 Å². The normalized spacial score (nSPS) is 15.2. The largest absolute Gasteiger partial charge is 0.368 e. The second-order valence-corrected chi connectivity index (χ2v) is 8.19. The zero-order valence-electron chi connectivity index (χ0n) is 18.4. The van der Waals surface area contributed by atoms with Gasteiger partial charge in [0.1, 0.15) is 12.4 Å². The molecule has 0 saturated carbocycles. The summed E-state index contributed by atoms with van der Waals surface area (Å²) in [5.74, 6) is -0.321. The first-order valence-corrected chi connectivity index (χ1v) is 10.7. The number of aromatic nitrogens is 6. The number of anilines is 1. The van der Waals surface area contributed by atoms with Crippen molar-refractivity contribution in [2.24, 2.45) is 7.05 Å². The highest BCUT2D eigenvalue weighted by molar-refractivity contribution is 5.82. The van der Waals surface area contributed by atoms with Crippen LogP contribution in [0.1, 0.15) is 24.2 Å². The predicted octanol–water partition coefficient (Wildman–Crippen LogP) is 3.81. The molecule has 4 aromatic heterocycles. The number of rotatable bonds is 4. The molecular weight excluding hydrogens is 438 g/mol. The lowest BCUT2D eigenvalue weighted by Gasteiger charge is -2.38. The van der Waals surface area contributed by atoms with Crippen molar-refractivity contribution < 1.29 is 8.78 Å². The Morgan fingerprint density at radius 2 is 1.94 bits per heavy atom. The van der Waals surface area contributed by atoms with E-state index in [1.54, 1.807) is 42.2 Å². The Bertz CT molecular complexity index is 1350. The van der Waals surface area contributed by atoms with Gasteiger partial charge in [0.15, 0.2) is 11.5 Å². The summed E-state index contributed by atoms with van der Waals surface area (Å²) in [5, 5.41) is 17.8. The summed E-state index contributed by atoms with van der Waals surface area (Å²) in [6, 6.07) is 10.4. The van der Waals surface area contributed by atoms with Gasteiger partial charge in [0.2, 0.25) is 5.95 Å². The summed E-state index contributed by atoms with van der Waals surface area (Å²) in [6.45, 7) is 0.682. The van der Waals surface area contributed by atoms with Crippen molar-refractivity contribution in [3.05, 3.63) is 72.6 Å². The number of hydrogen-bond donors (Lipinski definition) is 0. The van der Waals surface area contributed by atoms with E-state index in [9.17, 15) is 9.65 Å². The molecule has 0 N–H and O–H groups in total. The van der Waals surface area contributed by atoms with Crippen molar-refractivity contribution in [3.63, 3.8) is 0 Å². The molecule has 1 saturated heterocycles. The second kappa shape index (κ2) is 8.59. The highest BCUT2D eigenvalue weighted by Gasteiger charge is 2.41.